The molecule has 0 N–H and O–H groups in total. The molecule has 4 nitrogen and oxygen atoms in total. The number of fused-ring (bicyclic) bond motifs is 5. The van der Waals surface area contributed by atoms with Crippen molar-refractivity contribution in [3.8, 4) is 11.6 Å². The summed E-state index contributed by atoms with van der Waals surface area (Å²) in [5, 5.41) is 3.69. The zero-order chi connectivity index (χ0) is 22.5. The molecule has 4 heteroatoms. The van der Waals surface area contributed by atoms with Crippen LogP contribution in [0, 0.1) is 0 Å². The van der Waals surface area contributed by atoms with Crippen LogP contribution in [0.15, 0.2) is 116 Å². The van der Waals surface area contributed by atoms with Crippen molar-refractivity contribution in [2.75, 3.05) is 0 Å². The van der Waals surface area contributed by atoms with Crippen molar-refractivity contribution < 1.29 is 0 Å². The van der Waals surface area contributed by atoms with E-state index in [-0.39, 0.29) is 0 Å². The standard InChI is InChI=1S/C30H22N4/c1-3-9-21(10-4-1)22-19-31-30(32-20-22)33-18-17-26-27(33)16-15-25-24-13-7-8-14-28(24)34(29(25)26)23-11-5-2-6-12-23/h1-9,11-21H,10H2. The first kappa shape index (κ1) is 19.1. The Bertz CT molecular complexity index is 1720. The Kier molecular flexibility index (Phi) is 4.24. The molecule has 0 radical (unpaired) electrons. The predicted octanol–water partition coefficient (Wildman–Crippen LogP) is 7.12. The third-order valence-electron chi connectivity index (χ3n) is 6.80. The summed E-state index contributed by atoms with van der Waals surface area (Å²) in [6.07, 6.45) is 15.6. The van der Waals surface area contributed by atoms with Gasteiger partial charge in [0.25, 0.3) is 0 Å². The fourth-order valence-corrected chi connectivity index (χ4v) is 5.17. The molecule has 162 valence electrons. The van der Waals surface area contributed by atoms with E-state index < -0.39 is 0 Å². The Morgan fingerprint density at radius 2 is 1.53 bits per heavy atom. The number of para-hydroxylation sites is 2. The number of aromatic nitrogens is 4. The molecule has 0 saturated carbocycles. The van der Waals surface area contributed by atoms with Gasteiger partial charge in [0.15, 0.2) is 0 Å². The summed E-state index contributed by atoms with van der Waals surface area (Å²) in [5.41, 5.74) is 5.82. The normalized spacial score (nSPS) is 15.6. The van der Waals surface area contributed by atoms with E-state index in [9.17, 15) is 0 Å². The summed E-state index contributed by atoms with van der Waals surface area (Å²) in [5.74, 6) is 1.04. The van der Waals surface area contributed by atoms with Gasteiger partial charge in [-0.05, 0) is 42.3 Å². The summed E-state index contributed by atoms with van der Waals surface area (Å²) >= 11 is 0. The summed E-state index contributed by atoms with van der Waals surface area (Å²) < 4.78 is 4.45. The molecule has 6 aromatic rings. The molecule has 34 heavy (non-hydrogen) atoms. The van der Waals surface area contributed by atoms with Crippen molar-refractivity contribution in [1.82, 2.24) is 19.1 Å². The SMILES string of the molecule is C1=CCC(c2cnc(-n3ccc4c3ccc3c5ccccc5n(-c5ccccc5)c34)nc2)C=C1. The third kappa shape index (κ3) is 2.85. The first-order valence-corrected chi connectivity index (χ1v) is 11.6. The van der Waals surface area contributed by atoms with E-state index in [4.69, 9.17) is 9.97 Å². The average molecular weight is 439 g/mol. The molecular weight excluding hydrogens is 416 g/mol. The molecule has 3 aromatic carbocycles. The summed E-state index contributed by atoms with van der Waals surface area (Å²) in [6, 6.07) is 25.8. The third-order valence-corrected chi connectivity index (χ3v) is 6.80. The molecule has 0 spiro atoms. The van der Waals surface area contributed by atoms with Crippen molar-refractivity contribution in [1.29, 1.82) is 0 Å². The average Bonchev–Trinajstić information content (AvgIpc) is 3.49. The van der Waals surface area contributed by atoms with Gasteiger partial charge in [-0.25, -0.2) is 9.97 Å². The number of hydrogen-bond acceptors (Lipinski definition) is 2. The van der Waals surface area contributed by atoms with Crippen molar-refractivity contribution in [2.24, 2.45) is 0 Å². The number of rotatable bonds is 3. The number of benzene rings is 3. The van der Waals surface area contributed by atoms with Crippen LogP contribution < -0.4 is 0 Å². The highest BCUT2D eigenvalue weighted by atomic mass is 15.1. The molecule has 0 fully saturated rings. The highest BCUT2D eigenvalue weighted by Gasteiger charge is 2.17. The fourth-order valence-electron chi connectivity index (χ4n) is 5.17. The lowest BCUT2D eigenvalue weighted by Crippen LogP contribution is -2.03. The number of nitrogens with zero attached hydrogens (tertiary/aromatic N) is 4. The molecule has 3 aromatic heterocycles. The van der Waals surface area contributed by atoms with Gasteiger partial charge in [0.2, 0.25) is 5.95 Å². The maximum Gasteiger partial charge on any atom is 0.234 e. The minimum absolute atomic E-state index is 0.349. The van der Waals surface area contributed by atoms with Crippen LogP contribution in [0.1, 0.15) is 17.9 Å². The second kappa shape index (κ2) is 7.56. The van der Waals surface area contributed by atoms with Crippen molar-refractivity contribution in [3.05, 3.63) is 121 Å². The molecule has 3 heterocycles. The second-order valence-corrected chi connectivity index (χ2v) is 8.74. The van der Waals surface area contributed by atoms with Crippen LogP contribution in [0.5, 0.6) is 0 Å². The highest BCUT2D eigenvalue weighted by Crippen LogP contribution is 2.37. The molecule has 0 bridgehead atoms. The van der Waals surface area contributed by atoms with Crippen LogP contribution in [0.3, 0.4) is 0 Å². The fraction of sp³-hybridized carbons (Fsp3) is 0.0667. The largest absolute Gasteiger partial charge is 0.309 e. The van der Waals surface area contributed by atoms with Gasteiger partial charge in [-0.3, -0.25) is 4.57 Å². The van der Waals surface area contributed by atoms with Crippen LogP contribution in [-0.2, 0) is 0 Å². The Balaban J connectivity index is 1.43. The van der Waals surface area contributed by atoms with E-state index in [1.165, 1.54) is 27.2 Å². The number of allylic oxidation sites excluding steroid dienone is 4. The maximum absolute atomic E-state index is 4.74. The van der Waals surface area contributed by atoms with Gasteiger partial charge >= 0.3 is 0 Å². The Hall–Kier alpha value is -4.44. The van der Waals surface area contributed by atoms with Gasteiger partial charge in [-0.1, -0.05) is 66.8 Å². The van der Waals surface area contributed by atoms with Crippen LogP contribution in [0.25, 0.3) is 44.3 Å². The van der Waals surface area contributed by atoms with E-state index in [1.807, 2.05) is 12.4 Å². The van der Waals surface area contributed by atoms with Gasteiger partial charge in [-0.2, -0.15) is 0 Å². The summed E-state index contributed by atoms with van der Waals surface area (Å²) in [6.45, 7) is 0. The van der Waals surface area contributed by atoms with Gasteiger partial charge in [-0.15, -0.1) is 0 Å². The smallest absolute Gasteiger partial charge is 0.234 e. The van der Waals surface area contributed by atoms with Gasteiger partial charge < -0.3 is 4.57 Å². The van der Waals surface area contributed by atoms with Crippen molar-refractivity contribution >= 4 is 32.7 Å². The molecule has 1 aliphatic carbocycles. The topological polar surface area (TPSA) is 35.6 Å². The van der Waals surface area contributed by atoms with E-state index in [0.717, 1.165) is 23.2 Å². The first-order valence-electron chi connectivity index (χ1n) is 11.6. The Labute approximate surface area is 197 Å². The van der Waals surface area contributed by atoms with Crippen LogP contribution in [0.2, 0.25) is 0 Å². The Morgan fingerprint density at radius 3 is 2.35 bits per heavy atom. The van der Waals surface area contributed by atoms with Gasteiger partial charge in [0.1, 0.15) is 0 Å². The molecule has 0 saturated heterocycles. The molecule has 0 amide bonds. The quantitative estimate of drug-likeness (QED) is 0.295. The predicted molar refractivity (Wildman–Crippen MR) is 139 cm³/mol. The molecule has 7 rings (SSSR count). The van der Waals surface area contributed by atoms with Crippen molar-refractivity contribution in [3.63, 3.8) is 0 Å². The lowest BCUT2D eigenvalue weighted by Gasteiger charge is -2.13. The van der Waals surface area contributed by atoms with Crippen LogP contribution in [0.4, 0.5) is 0 Å². The van der Waals surface area contributed by atoms with E-state index in [0.29, 0.717) is 11.9 Å². The second-order valence-electron chi connectivity index (χ2n) is 8.74. The minimum Gasteiger partial charge on any atom is -0.309 e. The highest BCUT2D eigenvalue weighted by molar-refractivity contribution is 6.18. The molecule has 1 unspecified atom stereocenters. The molecule has 1 atom stereocenters. The van der Waals surface area contributed by atoms with Crippen LogP contribution >= 0.6 is 0 Å². The lowest BCUT2D eigenvalue weighted by atomic mass is 9.95. The Morgan fingerprint density at radius 1 is 0.706 bits per heavy atom. The van der Waals surface area contributed by atoms with E-state index in [2.05, 4.69) is 112 Å². The monoisotopic (exact) mass is 438 g/mol. The first-order chi connectivity index (χ1) is 16.9. The molecule has 1 aliphatic rings. The number of hydrogen-bond donors (Lipinski definition) is 0. The molecular formula is C30H22N4. The van der Waals surface area contributed by atoms with Gasteiger partial charge in [0, 0.05) is 46.4 Å². The van der Waals surface area contributed by atoms with E-state index in [1.54, 1.807) is 0 Å². The van der Waals surface area contributed by atoms with E-state index >= 15 is 0 Å². The van der Waals surface area contributed by atoms with Crippen molar-refractivity contribution in [2.45, 2.75) is 12.3 Å². The summed E-state index contributed by atoms with van der Waals surface area (Å²) in [4.78, 5) is 9.47. The summed E-state index contributed by atoms with van der Waals surface area (Å²) in [7, 11) is 0. The van der Waals surface area contributed by atoms with Gasteiger partial charge in [0.05, 0.1) is 16.6 Å². The minimum atomic E-state index is 0.349. The lowest BCUT2D eigenvalue weighted by molar-refractivity contribution is 0.825. The maximum atomic E-state index is 4.74. The molecule has 0 aliphatic heterocycles. The van der Waals surface area contributed by atoms with Crippen LogP contribution in [-0.4, -0.2) is 19.1 Å². The zero-order valence-corrected chi connectivity index (χ0v) is 18.5. The zero-order valence-electron chi connectivity index (χ0n) is 18.5.